The summed E-state index contributed by atoms with van der Waals surface area (Å²) in [6.45, 7) is 0.203. The minimum Gasteiger partial charge on any atom is -0.396 e. The largest absolute Gasteiger partial charge is 0.396 e. The fraction of sp³-hybridized carbons (Fsp3) is 0.176. The van der Waals surface area contributed by atoms with E-state index in [1.54, 1.807) is 11.8 Å². The summed E-state index contributed by atoms with van der Waals surface area (Å²) in [5, 5.41) is 11.0. The van der Waals surface area contributed by atoms with E-state index in [4.69, 9.17) is 15.1 Å². The summed E-state index contributed by atoms with van der Waals surface area (Å²) in [6.07, 6.45) is 0.757. The van der Waals surface area contributed by atoms with Crippen LogP contribution in [0.15, 0.2) is 53.7 Å². The topological polar surface area (TPSA) is 50.4 Å². The molecule has 0 saturated heterocycles. The van der Waals surface area contributed by atoms with Crippen molar-refractivity contribution in [1.82, 2.24) is 14.4 Å². The van der Waals surface area contributed by atoms with E-state index in [0.717, 1.165) is 44.9 Å². The van der Waals surface area contributed by atoms with Crippen LogP contribution in [0.4, 0.5) is 0 Å². The lowest BCUT2D eigenvalue weighted by Crippen LogP contribution is -1.97. The number of imidazole rings is 1. The highest BCUT2D eigenvalue weighted by Crippen LogP contribution is 2.28. The quantitative estimate of drug-likeness (QED) is 0.356. The molecule has 0 spiro atoms. The molecule has 0 aliphatic heterocycles. The third-order valence-electron chi connectivity index (χ3n) is 3.65. The molecule has 2 heterocycles. The average molecular weight is 309 g/mol. The molecule has 2 aromatic heterocycles. The smallest absolute Gasteiger partial charge is 0.174 e. The number of aliphatic hydroxyl groups is 1. The Hall–Kier alpha value is -2.11. The average Bonchev–Trinajstić information content (AvgIpc) is 2.95. The van der Waals surface area contributed by atoms with E-state index >= 15 is 0 Å². The molecule has 0 bridgehead atoms. The summed E-state index contributed by atoms with van der Waals surface area (Å²) in [5.41, 5.74) is 3.95. The van der Waals surface area contributed by atoms with Gasteiger partial charge in [0, 0.05) is 17.7 Å². The Morgan fingerprint density at radius 2 is 1.73 bits per heavy atom. The van der Waals surface area contributed by atoms with Gasteiger partial charge in [-0.05, 0) is 30.7 Å². The van der Waals surface area contributed by atoms with Gasteiger partial charge in [0.1, 0.15) is 5.65 Å². The van der Waals surface area contributed by atoms with Crippen LogP contribution in [0.1, 0.15) is 6.42 Å². The molecule has 4 nitrogen and oxygen atoms in total. The van der Waals surface area contributed by atoms with E-state index in [9.17, 15) is 0 Å². The Labute approximate surface area is 131 Å². The number of rotatable bonds is 4. The van der Waals surface area contributed by atoms with Gasteiger partial charge < -0.3 is 5.11 Å². The van der Waals surface area contributed by atoms with E-state index in [1.165, 1.54) is 0 Å². The molecule has 0 aliphatic carbocycles. The van der Waals surface area contributed by atoms with Crippen molar-refractivity contribution in [2.75, 3.05) is 12.4 Å². The SMILES string of the molecule is OCCCSc1nc2ccccc2c2nc3ccccc3n12. The lowest BCUT2D eigenvalue weighted by Gasteiger charge is -2.07. The van der Waals surface area contributed by atoms with Crippen LogP contribution >= 0.6 is 11.8 Å². The van der Waals surface area contributed by atoms with Gasteiger partial charge >= 0.3 is 0 Å². The number of para-hydroxylation sites is 3. The number of hydrogen-bond acceptors (Lipinski definition) is 4. The molecule has 4 rings (SSSR count). The first kappa shape index (κ1) is 13.5. The summed E-state index contributed by atoms with van der Waals surface area (Å²) in [6, 6.07) is 16.2. The molecule has 0 amide bonds. The molecule has 0 fully saturated rings. The summed E-state index contributed by atoms with van der Waals surface area (Å²) < 4.78 is 2.12. The van der Waals surface area contributed by atoms with Crippen LogP contribution in [-0.2, 0) is 0 Å². The van der Waals surface area contributed by atoms with E-state index < -0.39 is 0 Å². The second-order valence-electron chi connectivity index (χ2n) is 5.10. The molecule has 0 radical (unpaired) electrons. The normalized spacial score (nSPS) is 11.7. The minimum absolute atomic E-state index is 0.203. The molecule has 4 aromatic rings. The van der Waals surface area contributed by atoms with E-state index in [-0.39, 0.29) is 6.61 Å². The molecular weight excluding hydrogens is 294 g/mol. The molecule has 5 heteroatoms. The molecule has 0 saturated carbocycles. The second-order valence-corrected chi connectivity index (χ2v) is 6.16. The standard InChI is InChI=1S/C17H15N3OS/c21-10-5-11-22-17-19-13-7-2-1-6-12(13)16-18-14-8-3-4-9-15(14)20(16)17/h1-4,6-9,21H,5,10-11H2. The van der Waals surface area contributed by atoms with E-state index in [1.807, 2.05) is 36.4 Å². The van der Waals surface area contributed by atoms with Gasteiger partial charge in [0.15, 0.2) is 5.16 Å². The maximum absolute atomic E-state index is 9.01. The number of benzene rings is 2. The van der Waals surface area contributed by atoms with Gasteiger partial charge in [-0.2, -0.15) is 0 Å². The van der Waals surface area contributed by atoms with Crippen LogP contribution < -0.4 is 0 Å². The van der Waals surface area contributed by atoms with Gasteiger partial charge in [0.05, 0.1) is 16.6 Å². The first-order valence-electron chi connectivity index (χ1n) is 7.28. The van der Waals surface area contributed by atoms with Crippen LogP contribution in [-0.4, -0.2) is 31.8 Å². The Morgan fingerprint density at radius 3 is 2.59 bits per heavy atom. The second kappa shape index (κ2) is 5.59. The number of thioether (sulfide) groups is 1. The Kier molecular flexibility index (Phi) is 3.44. The predicted octanol–water partition coefficient (Wildman–Crippen LogP) is 3.51. The number of hydrogen-bond donors (Lipinski definition) is 1. The molecule has 0 aliphatic rings. The monoisotopic (exact) mass is 309 g/mol. The van der Waals surface area contributed by atoms with Crippen molar-refractivity contribution in [3.05, 3.63) is 48.5 Å². The van der Waals surface area contributed by atoms with E-state index in [0.29, 0.717) is 0 Å². The highest BCUT2D eigenvalue weighted by molar-refractivity contribution is 7.99. The summed E-state index contributed by atoms with van der Waals surface area (Å²) in [7, 11) is 0. The highest BCUT2D eigenvalue weighted by atomic mass is 32.2. The van der Waals surface area contributed by atoms with Gasteiger partial charge in [0.2, 0.25) is 0 Å². The fourth-order valence-electron chi connectivity index (χ4n) is 2.64. The highest BCUT2D eigenvalue weighted by Gasteiger charge is 2.13. The zero-order valence-electron chi connectivity index (χ0n) is 11.9. The molecule has 22 heavy (non-hydrogen) atoms. The first-order valence-corrected chi connectivity index (χ1v) is 8.26. The Morgan fingerprint density at radius 1 is 0.955 bits per heavy atom. The third kappa shape index (κ3) is 2.14. The van der Waals surface area contributed by atoms with Crippen molar-refractivity contribution in [2.45, 2.75) is 11.6 Å². The van der Waals surface area contributed by atoms with Gasteiger partial charge in [-0.1, -0.05) is 36.0 Å². The number of nitrogens with zero attached hydrogens (tertiary/aromatic N) is 3. The van der Waals surface area contributed by atoms with Crippen molar-refractivity contribution in [1.29, 1.82) is 0 Å². The molecule has 2 aromatic carbocycles. The summed E-state index contributed by atoms with van der Waals surface area (Å²) in [4.78, 5) is 9.59. The van der Waals surface area contributed by atoms with Crippen LogP contribution in [0, 0.1) is 0 Å². The Bertz CT molecular complexity index is 964. The minimum atomic E-state index is 0.203. The lowest BCUT2D eigenvalue weighted by atomic mass is 10.2. The maximum Gasteiger partial charge on any atom is 0.174 e. The van der Waals surface area contributed by atoms with Gasteiger partial charge in [-0.3, -0.25) is 4.40 Å². The van der Waals surface area contributed by atoms with Gasteiger partial charge in [-0.25, -0.2) is 9.97 Å². The van der Waals surface area contributed by atoms with Gasteiger partial charge in [-0.15, -0.1) is 0 Å². The molecule has 0 atom stereocenters. The zero-order valence-corrected chi connectivity index (χ0v) is 12.8. The maximum atomic E-state index is 9.01. The number of aromatic nitrogens is 3. The van der Waals surface area contributed by atoms with Crippen LogP contribution in [0.3, 0.4) is 0 Å². The van der Waals surface area contributed by atoms with Crippen LogP contribution in [0.2, 0.25) is 0 Å². The fourth-order valence-corrected chi connectivity index (χ4v) is 3.57. The van der Waals surface area contributed by atoms with Crippen LogP contribution in [0.25, 0.3) is 27.6 Å². The summed E-state index contributed by atoms with van der Waals surface area (Å²) >= 11 is 1.66. The van der Waals surface area contributed by atoms with Crippen molar-refractivity contribution in [2.24, 2.45) is 0 Å². The molecular formula is C17H15N3OS. The van der Waals surface area contributed by atoms with Crippen molar-refractivity contribution in [3.8, 4) is 0 Å². The number of fused-ring (bicyclic) bond motifs is 5. The Balaban J connectivity index is 2.05. The van der Waals surface area contributed by atoms with Gasteiger partial charge in [0.25, 0.3) is 0 Å². The first-order chi connectivity index (χ1) is 10.9. The van der Waals surface area contributed by atoms with Crippen molar-refractivity contribution in [3.63, 3.8) is 0 Å². The molecule has 110 valence electrons. The van der Waals surface area contributed by atoms with E-state index in [2.05, 4.69) is 16.5 Å². The molecule has 1 N–H and O–H groups in total. The zero-order chi connectivity index (χ0) is 14.9. The number of aliphatic hydroxyl groups excluding tert-OH is 1. The van der Waals surface area contributed by atoms with Crippen molar-refractivity contribution < 1.29 is 5.11 Å². The lowest BCUT2D eigenvalue weighted by molar-refractivity contribution is 0.296. The predicted molar refractivity (Wildman–Crippen MR) is 90.4 cm³/mol. The van der Waals surface area contributed by atoms with Crippen LogP contribution in [0.5, 0.6) is 0 Å². The summed E-state index contributed by atoms with van der Waals surface area (Å²) in [5.74, 6) is 0.837. The van der Waals surface area contributed by atoms with Crippen molar-refractivity contribution >= 4 is 39.3 Å². The molecule has 0 unspecified atom stereocenters. The third-order valence-corrected chi connectivity index (χ3v) is 4.67.